The maximum Gasteiger partial charge on any atom is 0.251 e. The van der Waals surface area contributed by atoms with Crippen LogP contribution < -0.4 is 15.6 Å². The summed E-state index contributed by atoms with van der Waals surface area (Å²) in [5.74, 6) is 1.08. The Bertz CT molecular complexity index is 1000. The molecule has 0 bridgehead atoms. The summed E-state index contributed by atoms with van der Waals surface area (Å²) < 4.78 is 5.20. The van der Waals surface area contributed by atoms with E-state index in [1.165, 1.54) is 29.2 Å². The van der Waals surface area contributed by atoms with Crippen molar-refractivity contribution in [1.82, 2.24) is 20.2 Å². The van der Waals surface area contributed by atoms with E-state index >= 15 is 0 Å². The van der Waals surface area contributed by atoms with Crippen molar-refractivity contribution in [2.75, 3.05) is 12.4 Å². The van der Waals surface area contributed by atoms with Gasteiger partial charge < -0.3 is 15.0 Å². The molecule has 0 aliphatic heterocycles. The second kappa shape index (κ2) is 8.78. The average Bonchev–Trinajstić information content (AvgIpc) is 3.04. The Morgan fingerprint density at radius 2 is 2.19 bits per heavy atom. The number of nitrogens with one attached hydrogen (secondary N) is 2. The highest BCUT2D eigenvalue weighted by molar-refractivity contribution is 7.98. The van der Waals surface area contributed by atoms with Crippen LogP contribution in [0, 0.1) is 6.92 Å². The van der Waals surface area contributed by atoms with E-state index in [1.807, 2.05) is 24.3 Å². The molecule has 0 aliphatic carbocycles. The van der Waals surface area contributed by atoms with Gasteiger partial charge in [-0.05, 0) is 24.6 Å². The molecule has 10 heteroatoms. The summed E-state index contributed by atoms with van der Waals surface area (Å²) >= 11 is 2.67. The lowest BCUT2D eigenvalue weighted by atomic mass is 10.2. The molecule has 27 heavy (non-hydrogen) atoms. The molecule has 2 N–H and O–H groups in total. The number of carbonyl (C=O) groups is 1. The molecule has 2 aromatic heterocycles. The van der Waals surface area contributed by atoms with Gasteiger partial charge >= 0.3 is 0 Å². The first-order chi connectivity index (χ1) is 13.0. The van der Waals surface area contributed by atoms with E-state index in [4.69, 9.17) is 4.74 Å². The highest BCUT2D eigenvalue weighted by Crippen LogP contribution is 2.21. The van der Waals surface area contributed by atoms with Crippen LogP contribution >= 0.6 is 23.1 Å². The molecular formula is C17H17N5O3S2. The van der Waals surface area contributed by atoms with Gasteiger partial charge in [0.15, 0.2) is 5.16 Å². The van der Waals surface area contributed by atoms with Crippen LogP contribution in [0.15, 0.2) is 40.3 Å². The van der Waals surface area contributed by atoms with Gasteiger partial charge in [-0.25, -0.2) is 4.98 Å². The van der Waals surface area contributed by atoms with Gasteiger partial charge in [0, 0.05) is 11.8 Å². The van der Waals surface area contributed by atoms with Gasteiger partial charge in [0.1, 0.15) is 10.8 Å². The van der Waals surface area contributed by atoms with E-state index in [9.17, 15) is 9.59 Å². The van der Waals surface area contributed by atoms with Crippen molar-refractivity contribution in [1.29, 1.82) is 0 Å². The van der Waals surface area contributed by atoms with Gasteiger partial charge in [-0.1, -0.05) is 35.2 Å². The molecule has 8 nitrogen and oxygen atoms in total. The molecule has 0 aliphatic rings. The number of amides is 1. The third-order valence-electron chi connectivity index (χ3n) is 3.40. The number of hydrogen-bond acceptors (Lipinski definition) is 8. The third-order valence-corrected chi connectivity index (χ3v) is 5.10. The summed E-state index contributed by atoms with van der Waals surface area (Å²) in [6.45, 7) is 1.80. The normalized spacial score (nSPS) is 10.6. The van der Waals surface area contributed by atoms with Crippen LogP contribution in [0.1, 0.15) is 16.3 Å². The number of aromatic nitrogens is 4. The molecule has 0 fully saturated rings. The summed E-state index contributed by atoms with van der Waals surface area (Å²) in [7, 11) is 1.61. The summed E-state index contributed by atoms with van der Waals surface area (Å²) in [5, 5.41) is 12.0. The van der Waals surface area contributed by atoms with Crippen LogP contribution in [-0.4, -0.2) is 33.2 Å². The standard InChI is InChI=1S/C17H17N5O3S2/c1-10-21-22-17(27-10)20-15(24)8-12-7-14(23)19-16(18-12)26-9-11-4-3-5-13(6-11)25-2/h3-7H,8-9H2,1-2H3,(H,18,19,23)(H,20,22,24). The largest absolute Gasteiger partial charge is 0.497 e. The zero-order valence-corrected chi connectivity index (χ0v) is 16.3. The lowest BCUT2D eigenvalue weighted by molar-refractivity contribution is -0.115. The summed E-state index contributed by atoms with van der Waals surface area (Å²) in [4.78, 5) is 31.1. The maximum atomic E-state index is 12.1. The van der Waals surface area contributed by atoms with Crippen molar-refractivity contribution >= 4 is 34.1 Å². The molecule has 0 spiro atoms. The van der Waals surface area contributed by atoms with Gasteiger partial charge in [0.2, 0.25) is 11.0 Å². The average molecular weight is 403 g/mol. The Balaban J connectivity index is 1.64. The van der Waals surface area contributed by atoms with E-state index in [0.717, 1.165) is 16.3 Å². The molecule has 2 heterocycles. The molecular weight excluding hydrogens is 386 g/mol. The van der Waals surface area contributed by atoms with Crippen LogP contribution in [0.3, 0.4) is 0 Å². The zero-order valence-electron chi connectivity index (χ0n) is 14.7. The second-order valence-corrected chi connectivity index (χ2v) is 7.68. The highest BCUT2D eigenvalue weighted by atomic mass is 32.2. The Labute approximate surface area is 163 Å². The topological polar surface area (TPSA) is 110 Å². The van der Waals surface area contributed by atoms with Crippen molar-refractivity contribution in [3.05, 3.63) is 57.0 Å². The Morgan fingerprint density at radius 3 is 2.93 bits per heavy atom. The lowest BCUT2D eigenvalue weighted by Crippen LogP contribution is -2.18. The van der Waals surface area contributed by atoms with E-state index < -0.39 is 0 Å². The summed E-state index contributed by atoms with van der Waals surface area (Å²) in [6.07, 6.45) is -0.0186. The summed E-state index contributed by atoms with van der Waals surface area (Å²) in [6, 6.07) is 8.98. The van der Waals surface area contributed by atoms with Crippen LogP contribution in [0.5, 0.6) is 5.75 Å². The Morgan fingerprint density at radius 1 is 1.33 bits per heavy atom. The van der Waals surface area contributed by atoms with Crippen LogP contribution in [-0.2, 0) is 17.0 Å². The predicted octanol–water partition coefficient (Wildman–Crippen LogP) is 2.41. The number of methoxy groups -OCH3 is 1. The second-order valence-electron chi connectivity index (χ2n) is 5.53. The number of thioether (sulfide) groups is 1. The molecule has 3 aromatic rings. The smallest absolute Gasteiger partial charge is 0.251 e. The molecule has 0 saturated heterocycles. The van der Waals surface area contributed by atoms with Gasteiger partial charge in [0.25, 0.3) is 5.56 Å². The van der Waals surface area contributed by atoms with Crippen LogP contribution in [0.25, 0.3) is 0 Å². The fourth-order valence-corrected chi connectivity index (χ4v) is 3.68. The zero-order chi connectivity index (χ0) is 19.2. The van der Waals surface area contributed by atoms with Crippen molar-refractivity contribution in [2.45, 2.75) is 24.3 Å². The molecule has 0 radical (unpaired) electrons. The van der Waals surface area contributed by atoms with E-state index in [0.29, 0.717) is 21.7 Å². The number of aromatic amines is 1. The maximum absolute atomic E-state index is 12.1. The minimum absolute atomic E-state index is 0.0186. The molecule has 0 unspecified atom stereocenters. The minimum atomic E-state index is -0.298. The number of hydrogen-bond donors (Lipinski definition) is 2. The van der Waals surface area contributed by atoms with E-state index in [1.54, 1.807) is 14.0 Å². The SMILES string of the molecule is COc1cccc(CSc2nc(CC(=O)Nc3nnc(C)s3)cc(=O)[nH]2)c1. The third kappa shape index (κ3) is 5.63. The molecule has 3 rings (SSSR count). The van der Waals surface area contributed by atoms with Gasteiger partial charge in [-0.2, -0.15) is 0 Å². The molecule has 140 valence electrons. The number of nitrogens with zero attached hydrogens (tertiary/aromatic N) is 3. The predicted molar refractivity (Wildman–Crippen MR) is 104 cm³/mol. The quantitative estimate of drug-likeness (QED) is 0.460. The lowest BCUT2D eigenvalue weighted by Gasteiger charge is -2.06. The van der Waals surface area contributed by atoms with Gasteiger partial charge in [-0.15, -0.1) is 10.2 Å². The molecule has 1 amide bonds. The Hall–Kier alpha value is -2.72. The molecule has 0 saturated carbocycles. The van der Waals surface area contributed by atoms with Crippen molar-refractivity contribution in [3.63, 3.8) is 0 Å². The summed E-state index contributed by atoms with van der Waals surface area (Å²) in [5.41, 5.74) is 1.13. The number of benzene rings is 1. The van der Waals surface area contributed by atoms with Crippen molar-refractivity contribution in [2.24, 2.45) is 0 Å². The number of aryl methyl sites for hydroxylation is 1. The fourth-order valence-electron chi connectivity index (χ4n) is 2.23. The Kier molecular flexibility index (Phi) is 6.20. The van der Waals surface area contributed by atoms with Crippen molar-refractivity contribution in [3.8, 4) is 5.75 Å². The molecule has 0 atom stereocenters. The molecule has 1 aromatic carbocycles. The first kappa shape index (κ1) is 19.1. The number of rotatable bonds is 7. The van der Waals surface area contributed by atoms with Gasteiger partial charge in [0.05, 0.1) is 19.2 Å². The number of anilines is 1. The number of H-pyrrole nitrogens is 1. The first-order valence-electron chi connectivity index (χ1n) is 7.98. The first-order valence-corrected chi connectivity index (χ1v) is 9.78. The van der Waals surface area contributed by atoms with Crippen molar-refractivity contribution < 1.29 is 9.53 Å². The highest BCUT2D eigenvalue weighted by Gasteiger charge is 2.10. The minimum Gasteiger partial charge on any atom is -0.497 e. The fraction of sp³-hybridized carbons (Fsp3) is 0.235. The van der Waals surface area contributed by atoms with E-state index in [-0.39, 0.29) is 17.9 Å². The number of ether oxygens (including phenoxy) is 1. The van der Waals surface area contributed by atoms with Gasteiger partial charge in [-0.3, -0.25) is 9.59 Å². The van der Waals surface area contributed by atoms with E-state index in [2.05, 4.69) is 25.5 Å². The monoisotopic (exact) mass is 403 g/mol. The number of carbonyl (C=O) groups excluding carboxylic acids is 1. The van der Waals surface area contributed by atoms with Crippen LogP contribution in [0.2, 0.25) is 0 Å². The van der Waals surface area contributed by atoms with Crippen LogP contribution in [0.4, 0.5) is 5.13 Å².